The highest BCUT2D eigenvalue weighted by molar-refractivity contribution is 5.96. The summed E-state index contributed by atoms with van der Waals surface area (Å²) in [6, 6.07) is 23.9. The Labute approximate surface area is 243 Å². The van der Waals surface area contributed by atoms with Crippen molar-refractivity contribution >= 4 is 24.0 Å². The first-order chi connectivity index (χ1) is 20.4. The second kappa shape index (κ2) is 13.2. The van der Waals surface area contributed by atoms with Crippen molar-refractivity contribution in [1.29, 1.82) is 0 Å². The molecule has 2 fully saturated rings. The van der Waals surface area contributed by atoms with Crippen molar-refractivity contribution in [3.63, 3.8) is 0 Å². The maximum atomic E-state index is 14.0. The van der Waals surface area contributed by atoms with Crippen molar-refractivity contribution in [1.82, 2.24) is 9.80 Å². The van der Waals surface area contributed by atoms with Crippen molar-refractivity contribution < 1.29 is 33.0 Å². The van der Waals surface area contributed by atoms with Gasteiger partial charge in [0, 0.05) is 6.42 Å². The fourth-order valence-corrected chi connectivity index (χ4v) is 5.34. The van der Waals surface area contributed by atoms with Gasteiger partial charge in [0.2, 0.25) is 11.8 Å². The topological polar surface area (TPSA) is 93.2 Å². The van der Waals surface area contributed by atoms with Crippen LogP contribution in [0.5, 0.6) is 0 Å². The van der Waals surface area contributed by atoms with E-state index < -0.39 is 47.8 Å². The van der Waals surface area contributed by atoms with Gasteiger partial charge in [-0.2, -0.15) is 0 Å². The first kappa shape index (κ1) is 28.7. The number of rotatable bonds is 10. The highest BCUT2D eigenvalue weighted by atomic mass is 19.1. The van der Waals surface area contributed by atoms with Crippen molar-refractivity contribution in [2.75, 3.05) is 13.2 Å². The average molecular weight is 571 g/mol. The molecule has 3 aromatic rings. The summed E-state index contributed by atoms with van der Waals surface area (Å²) in [6.45, 7) is 0.165. The Morgan fingerprint density at radius 3 is 1.93 bits per heavy atom. The number of imide groups is 2. The third kappa shape index (κ3) is 6.91. The first-order valence-corrected chi connectivity index (χ1v) is 13.9. The van der Waals surface area contributed by atoms with Crippen LogP contribution in [0.25, 0.3) is 0 Å². The minimum Gasteiger partial charge on any atom is -0.447 e. The van der Waals surface area contributed by atoms with Crippen molar-refractivity contribution in [2.45, 2.75) is 37.8 Å². The summed E-state index contributed by atoms with van der Waals surface area (Å²) < 4.78 is 24.4. The number of ether oxygens (including phenoxy) is 2. The van der Waals surface area contributed by atoms with Gasteiger partial charge in [-0.3, -0.25) is 9.59 Å². The van der Waals surface area contributed by atoms with E-state index in [4.69, 9.17) is 9.47 Å². The van der Waals surface area contributed by atoms with Crippen LogP contribution in [0.4, 0.5) is 14.0 Å². The fourth-order valence-electron chi connectivity index (χ4n) is 5.34. The lowest BCUT2D eigenvalue weighted by Crippen LogP contribution is -2.43. The number of halogens is 1. The molecular formula is C33H31FN2O6. The van der Waals surface area contributed by atoms with Crippen LogP contribution >= 0.6 is 0 Å². The molecule has 42 heavy (non-hydrogen) atoms. The molecule has 4 amide bonds. The standard InChI is InChI=1S/C33H31FN2O6/c34-27-15-7-13-25(18-27)17-26(31(38)36-29(22-42-33(36)40)20-24-11-5-2-6-12-24)14-8-16-30(37)35-28(21-41-32(35)39)19-23-9-3-1-4-10-23/h1-15,18,26,28-29H,16-17,19-22H2/t26-,28+,29+/m1/s1. The number of amides is 4. The molecule has 3 aromatic carbocycles. The summed E-state index contributed by atoms with van der Waals surface area (Å²) in [4.78, 5) is 54.3. The van der Waals surface area contributed by atoms with E-state index in [1.165, 1.54) is 18.2 Å². The van der Waals surface area contributed by atoms with E-state index in [1.54, 1.807) is 18.2 Å². The Morgan fingerprint density at radius 2 is 1.33 bits per heavy atom. The summed E-state index contributed by atoms with van der Waals surface area (Å²) >= 11 is 0. The van der Waals surface area contributed by atoms with Crippen LogP contribution in [0.3, 0.4) is 0 Å². The predicted molar refractivity (Wildman–Crippen MR) is 152 cm³/mol. The Bertz CT molecular complexity index is 1460. The van der Waals surface area contributed by atoms with Gasteiger partial charge in [-0.1, -0.05) is 84.9 Å². The van der Waals surface area contributed by atoms with E-state index in [9.17, 15) is 23.6 Å². The van der Waals surface area contributed by atoms with Crippen LogP contribution in [-0.2, 0) is 38.3 Å². The summed E-state index contributed by atoms with van der Waals surface area (Å²) in [6.07, 6.45) is 2.45. The average Bonchev–Trinajstić information content (AvgIpc) is 3.54. The molecular weight excluding hydrogens is 539 g/mol. The van der Waals surface area contributed by atoms with Gasteiger partial charge in [-0.25, -0.2) is 23.8 Å². The van der Waals surface area contributed by atoms with Crippen molar-refractivity contribution in [3.05, 3.63) is 120 Å². The summed E-state index contributed by atoms with van der Waals surface area (Å²) in [5.41, 5.74) is 2.48. The molecule has 2 aliphatic rings. The number of hydrogen-bond donors (Lipinski definition) is 0. The van der Waals surface area contributed by atoms with Gasteiger partial charge in [0.15, 0.2) is 0 Å². The molecule has 2 heterocycles. The van der Waals surface area contributed by atoms with E-state index in [0.717, 1.165) is 20.9 Å². The molecule has 0 saturated carbocycles. The molecule has 0 unspecified atom stereocenters. The molecule has 0 aromatic heterocycles. The number of carbonyl (C=O) groups is 4. The molecule has 2 saturated heterocycles. The van der Waals surface area contributed by atoms with Crippen molar-refractivity contribution in [3.8, 4) is 0 Å². The highest BCUT2D eigenvalue weighted by Crippen LogP contribution is 2.24. The van der Waals surface area contributed by atoms with E-state index >= 15 is 0 Å². The van der Waals surface area contributed by atoms with Gasteiger partial charge in [-0.05, 0) is 48.1 Å². The highest BCUT2D eigenvalue weighted by Gasteiger charge is 2.41. The minimum absolute atomic E-state index is 0.0637. The zero-order chi connectivity index (χ0) is 29.5. The van der Waals surface area contributed by atoms with Crippen LogP contribution in [0.1, 0.15) is 23.1 Å². The molecule has 216 valence electrons. The number of hydrogen-bond acceptors (Lipinski definition) is 6. The second-order valence-corrected chi connectivity index (χ2v) is 10.4. The molecule has 0 bridgehead atoms. The van der Waals surface area contributed by atoms with E-state index in [1.807, 2.05) is 60.7 Å². The van der Waals surface area contributed by atoms with Crippen molar-refractivity contribution in [2.24, 2.45) is 5.92 Å². The lowest BCUT2D eigenvalue weighted by molar-refractivity contribution is -0.132. The quantitative estimate of drug-likeness (QED) is 0.315. The smallest absolute Gasteiger partial charge is 0.417 e. The Kier molecular flexibility index (Phi) is 9.06. The van der Waals surface area contributed by atoms with E-state index in [2.05, 4.69) is 0 Å². The third-order valence-corrected chi connectivity index (χ3v) is 7.38. The molecule has 8 nitrogen and oxygen atoms in total. The number of benzene rings is 3. The zero-order valence-electron chi connectivity index (χ0n) is 22.9. The minimum atomic E-state index is -0.880. The summed E-state index contributed by atoms with van der Waals surface area (Å²) in [5, 5.41) is 0. The molecule has 0 radical (unpaired) electrons. The summed E-state index contributed by atoms with van der Waals surface area (Å²) in [5.74, 6) is -2.30. The third-order valence-electron chi connectivity index (χ3n) is 7.38. The summed E-state index contributed by atoms with van der Waals surface area (Å²) in [7, 11) is 0. The van der Waals surface area contributed by atoms with Crippen LogP contribution in [0.2, 0.25) is 0 Å². The molecule has 9 heteroatoms. The van der Waals surface area contributed by atoms with Gasteiger partial charge in [0.1, 0.15) is 19.0 Å². The zero-order valence-corrected chi connectivity index (χ0v) is 22.9. The Balaban J connectivity index is 1.32. The van der Waals surface area contributed by atoms with Gasteiger partial charge >= 0.3 is 12.2 Å². The molecule has 0 spiro atoms. The molecule has 0 aliphatic carbocycles. The monoisotopic (exact) mass is 570 g/mol. The lowest BCUT2D eigenvalue weighted by Gasteiger charge is -2.24. The second-order valence-electron chi connectivity index (χ2n) is 10.4. The Hall–Kier alpha value is -4.79. The molecule has 0 N–H and O–H groups in total. The van der Waals surface area contributed by atoms with Gasteiger partial charge in [-0.15, -0.1) is 0 Å². The van der Waals surface area contributed by atoms with Crippen LogP contribution in [0, 0.1) is 11.7 Å². The first-order valence-electron chi connectivity index (χ1n) is 13.9. The largest absolute Gasteiger partial charge is 0.447 e. The van der Waals surface area contributed by atoms with E-state index in [-0.39, 0.29) is 26.1 Å². The van der Waals surface area contributed by atoms with E-state index in [0.29, 0.717) is 18.4 Å². The maximum absolute atomic E-state index is 14.0. The van der Waals surface area contributed by atoms with Crippen LogP contribution in [0.15, 0.2) is 97.1 Å². The Morgan fingerprint density at radius 1 is 0.786 bits per heavy atom. The van der Waals surface area contributed by atoms with Crippen LogP contribution < -0.4 is 0 Å². The number of nitrogens with zero attached hydrogens (tertiary/aromatic N) is 2. The number of cyclic esters (lactones) is 2. The van der Waals surface area contributed by atoms with Crippen LogP contribution in [-0.4, -0.2) is 59.1 Å². The van der Waals surface area contributed by atoms with Gasteiger partial charge in [0.05, 0.1) is 18.0 Å². The van der Waals surface area contributed by atoms with Gasteiger partial charge < -0.3 is 9.47 Å². The number of carbonyl (C=O) groups excluding carboxylic acids is 4. The molecule has 2 aliphatic heterocycles. The SMILES string of the molecule is O=C(CC=C[C@H](Cc1cccc(F)c1)C(=O)N1C(=O)OC[C@@H]1Cc1ccccc1)N1C(=O)OC[C@@H]1Cc1ccccc1. The lowest BCUT2D eigenvalue weighted by atomic mass is 9.95. The normalized spacial score (nSPS) is 19.2. The van der Waals surface area contributed by atoms with Gasteiger partial charge in [0.25, 0.3) is 0 Å². The molecule has 3 atom stereocenters. The molecule has 5 rings (SSSR count). The maximum Gasteiger partial charge on any atom is 0.417 e. The fraction of sp³-hybridized carbons (Fsp3) is 0.273. The predicted octanol–water partition coefficient (Wildman–Crippen LogP) is 5.11.